The quantitative estimate of drug-likeness (QED) is 0.0145. The Kier molecular flexibility index (Phi) is 37.5. The second kappa shape index (κ2) is 41.2. The number of aliphatic hydroxyl groups excluding tert-OH is 2. The Labute approximate surface area is 613 Å². The summed E-state index contributed by atoms with van der Waals surface area (Å²) in [5.74, 6) is 0. The number of aliphatic hydroxyl groups is 2. The standard InChI is InChI=1S/2C25H36INO3Si.C16H19ClSi.C9H19NO4.C2H6/c2*1-24(2,3)30-23(28)27-20(19-26)17-18-29-31(25(4,5)6,21-13-9-7-10-14-21)22-15-11-8-12-16-22;1-16(2,3)18(17,14-10-6-4-7-11-14)15-12-8-5-9-13-15;1-9(2,3)14-8(13)10-7(6-12)4-5-11;1-2/h2*7-16,20H,17-19H2,1-6H3,(H,27,28);4-13H,1-3H3;7,11-12H,4-6H2,1-3H3,(H,10,13);1-2H3/t2*20-;;7-;/m11.1./s1. The average molecular weight is 1620 g/mol. The van der Waals surface area contributed by atoms with Crippen LogP contribution in [0.25, 0.3) is 0 Å². The molecule has 19 heteroatoms. The van der Waals surface area contributed by atoms with Crippen LogP contribution in [0.1, 0.15) is 158 Å². The fourth-order valence-electron chi connectivity index (χ4n) is 10.8. The molecule has 0 aliphatic heterocycles. The number of halogens is 3. The summed E-state index contributed by atoms with van der Waals surface area (Å²) in [6.07, 6.45) is 0.444. The Morgan fingerprint density at radius 1 is 0.385 bits per heavy atom. The number of carbonyl (C=O) groups excluding carboxylic acids is 3. The molecule has 3 atom stereocenters. The van der Waals surface area contributed by atoms with Crippen LogP contribution in [0.4, 0.5) is 14.4 Å². The Hall–Kier alpha value is -4.63. The number of alkyl carbamates (subject to hydrolysis) is 3. The lowest BCUT2D eigenvalue weighted by Crippen LogP contribution is -2.66. The second-order valence-corrected chi connectivity index (χ2v) is 45.3. The van der Waals surface area contributed by atoms with Gasteiger partial charge in [0, 0.05) is 40.8 Å². The van der Waals surface area contributed by atoms with Gasteiger partial charge in [0.15, 0.2) is 0 Å². The minimum Gasteiger partial charge on any atom is -0.444 e. The van der Waals surface area contributed by atoms with E-state index in [1.807, 2.05) is 91.8 Å². The molecule has 5 N–H and O–H groups in total. The zero-order chi connectivity index (χ0) is 72.7. The number of benzene rings is 6. The number of carbonyl (C=O) groups is 3. The van der Waals surface area contributed by atoms with Crippen LogP contribution in [0.15, 0.2) is 182 Å². The molecule has 6 aromatic carbocycles. The van der Waals surface area contributed by atoms with E-state index < -0.39 is 53.0 Å². The van der Waals surface area contributed by atoms with Crippen molar-refractivity contribution >= 4 is 130 Å². The molecule has 13 nitrogen and oxygen atoms in total. The zero-order valence-corrected chi connectivity index (χ0v) is 69.3. The van der Waals surface area contributed by atoms with Gasteiger partial charge in [0.05, 0.1) is 12.6 Å². The van der Waals surface area contributed by atoms with Crippen LogP contribution in [0.3, 0.4) is 0 Å². The van der Waals surface area contributed by atoms with Gasteiger partial charge in [-0.15, -0.1) is 0 Å². The monoisotopic (exact) mass is 1620 g/mol. The predicted octanol–water partition coefficient (Wildman–Crippen LogP) is 15.6. The van der Waals surface area contributed by atoms with E-state index in [-0.39, 0.29) is 52.6 Å². The van der Waals surface area contributed by atoms with E-state index in [0.717, 1.165) is 21.7 Å². The van der Waals surface area contributed by atoms with E-state index in [9.17, 15) is 14.4 Å². The largest absolute Gasteiger partial charge is 0.444 e. The third-order valence-electron chi connectivity index (χ3n) is 15.0. The molecular formula is C77H116ClI2N3O10Si3. The number of amides is 3. The van der Waals surface area contributed by atoms with Gasteiger partial charge in [0.2, 0.25) is 7.38 Å². The smallest absolute Gasteiger partial charge is 0.407 e. The fourth-order valence-corrected chi connectivity index (χ4v) is 25.4. The first kappa shape index (κ1) is 87.5. The van der Waals surface area contributed by atoms with E-state index in [1.165, 1.54) is 31.1 Å². The first-order chi connectivity index (χ1) is 44.8. The lowest BCUT2D eigenvalue weighted by atomic mass is 10.2. The van der Waals surface area contributed by atoms with Crippen LogP contribution < -0.4 is 47.1 Å². The fraction of sp³-hybridized carbons (Fsp3) is 0.494. The molecule has 0 bridgehead atoms. The molecule has 0 radical (unpaired) electrons. The molecule has 0 aliphatic rings. The third kappa shape index (κ3) is 28.5. The van der Waals surface area contributed by atoms with Crippen molar-refractivity contribution in [2.24, 2.45) is 0 Å². The van der Waals surface area contributed by atoms with Gasteiger partial charge >= 0.3 is 18.3 Å². The van der Waals surface area contributed by atoms with Gasteiger partial charge in [-0.1, -0.05) is 303 Å². The summed E-state index contributed by atoms with van der Waals surface area (Å²) in [4.78, 5) is 35.6. The summed E-state index contributed by atoms with van der Waals surface area (Å²) in [7, 11) is -7.34. The molecule has 0 saturated carbocycles. The average Bonchev–Trinajstić information content (AvgIpc) is 0.764. The van der Waals surface area contributed by atoms with Crippen molar-refractivity contribution in [2.45, 2.75) is 208 Å². The van der Waals surface area contributed by atoms with Crippen molar-refractivity contribution in [1.29, 1.82) is 0 Å². The molecule has 0 aliphatic carbocycles. The molecule has 3 amide bonds. The highest BCUT2D eigenvalue weighted by atomic mass is 127. The van der Waals surface area contributed by atoms with Crippen LogP contribution in [0.5, 0.6) is 0 Å². The summed E-state index contributed by atoms with van der Waals surface area (Å²) in [5, 5.41) is 33.4. The van der Waals surface area contributed by atoms with E-state index >= 15 is 0 Å². The number of nitrogens with one attached hydrogen (secondary N) is 3. The number of hydrogen-bond donors (Lipinski definition) is 5. The third-order valence-corrected chi connectivity index (χ3v) is 34.6. The van der Waals surface area contributed by atoms with Crippen LogP contribution in [0, 0.1) is 0 Å². The van der Waals surface area contributed by atoms with E-state index in [0.29, 0.717) is 19.6 Å². The molecule has 0 spiro atoms. The highest BCUT2D eigenvalue weighted by molar-refractivity contribution is 14.1. The lowest BCUT2D eigenvalue weighted by molar-refractivity contribution is 0.0466. The molecule has 96 heavy (non-hydrogen) atoms. The van der Waals surface area contributed by atoms with Crippen molar-refractivity contribution in [1.82, 2.24) is 16.0 Å². The summed E-state index contributed by atoms with van der Waals surface area (Å²) in [6, 6.07) is 63.1. The maximum atomic E-state index is 12.2. The molecule has 532 valence electrons. The Bertz CT molecular complexity index is 2850. The van der Waals surface area contributed by atoms with Crippen LogP contribution >= 0.6 is 56.3 Å². The zero-order valence-electron chi connectivity index (χ0n) is 61.2. The van der Waals surface area contributed by atoms with Gasteiger partial charge in [-0.25, -0.2) is 14.4 Å². The first-order valence-corrected chi connectivity index (χ1v) is 43.3. The molecular weight excluding hydrogens is 1500 g/mol. The number of hydrogen-bond acceptors (Lipinski definition) is 10. The van der Waals surface area contributed by atoms with Gasteiger partial charge in [0.25, 0.3) is 16.6 Å². The Morgan fingerprint density at radius 2 is 0.615 bits per heavy atom. The van der Waals surface area contributed by atoms with E-state index in [1.54, 1.807) is 20.8 Å². The molecule has 0 unspecified atom stereocenters. The normalized spacial score (nSPS) is 13.1. The van der Waals surface area contributed by atoms with Crippen molar-refractivity contribution in [3.05, 3.63) is 182 Å². The SMILES string of the molecule is CC.CC(C)(C)OC(=O)N[C@@H](CI)CCO[Si](c1ccccc1)(c1ccccc1)C(C)(C)C.CC(C)(C)OC(=O)N[C@@H](CI)CCO[Si](c1ccccc1)(c1ccccc1)C(C)(C)C.CC(C)(C)OC(=O)N[C@@H](CO)CCO.CC(C)(C)[Si](Cl)(c1ccccc1)c1ccccc1. The molecule has 0 saturated heterocycles. The predicted molar refractivity (Wildman–Crippen MR) is 427 cm³/mol. The number of rotatable bonds is 22. The summed E-state index contributed by atoms with van der Waals surface area (Å²) in [5.41, 5.74) is -1.57. The van der Waals surface area contributed by atoms with Crippen molar-refractivity contribution in [3.8, 4) is 0 Å². The molecule has 0 heterocycles. The van der Waals surface area contributed by atoms with Crippen molar-refractivity contribution in [2.75, 3.05) is 35.3 Å². The van der Waals surface area contributed by atoms with Crippen molar-refractivity contribution in [3.63, 3.8) is 0 Å². The van der Waals surface area contributed by atoms with E-state index in [2.05, 4.69) is 269 Å². The highest BCUT2D eigenvalue weighted by Crippen LogP contribution is 2.40. The highest BCUT2D eigenvalue weighted by Gasteiger charge is 2.52. The first-order valence-electron chi connectivity index (χ1n) is 33.5. The van der Waals surface area contributed by atoms with Gasteiger partial charge in [-0.2, -0.15) is 11.1 Å². The maximum absolute atomic E-state index is 12.2. The van der Waals surface area contributed by atoms with Crippen molar-refractivity contribution < 1.29 is 47.7 Å². The minimum absolute atomic E-state index is 0.00587. The molecule has 0 fully saturated rings. The molecule has 6 aromatic rings. The molecule has 6 rings (SSSR count). The van der Waals surface area contributed by atoms with Gasteiger partial charge in [-0.05, 0) is 128 Å². The lowest BCUT2D eigenvalue weighted by Gasteiger charge is -2.43. The van der Waals surface area contributed by atoms with Gasteiger partial charge < -0.3 is 49.2 Å². The topological polar surface area (TPSA) is 174 Å². The van der Waals surface area contributed by atoms with Crippen LogP contribution in [-0.4, -0.2) is 123 Å². The number of alkyl halides is 2. The summed E-state index contributed by atoms with van der Waals surface area (Å²) in [6.45, 7) is 41.7. The van der Waals surface area contributed by atoms with Gasteiger partial charge in [0.1, 0.15) is 16.8 Å². The number of ether oxygens (including phenoxy) is 3. The summed E-state index contributed by atoms with van der Waals surface area (Å²) >= 11 is 11.8. The van der Waals surface area contributed by atoms with E-state index in [4.69, 9.17) is 44.4 Å². The van der Waals surface area contributed by atoms with Crippen LogP contribution in [-0.2, 0) is 23.1 Å². The second-order valence-electron chi connectivity index (χ2n) is 29.3. The van der Waals surface area contributed by atoms with Crippen LogP contribution in [0.2, 0.25) is 15.1 Å². The summed E-state index contributed by atoms with van der Waals surface area (Å²) < 4.78 is 31.3. The minimum atomic E-state index is -2.55. The Morgan fingerprint density at radius 3 is 0.802 bits per heavy atom. The molecule has 0 aromatic heterocycles. The maximum Gasteiger partial charge on any atom is 0.407 e. The van der Waals surface area contributed by atoms with Gasteiger partial charge in [-0.3, -0.25) is 0 Å². The Balaban J connectivity index is 0.000000452.